The van der Waals surface area contributed by atoms with Crippen molar-refractivity contribution in [1.29, 1.82) is 0 Å². The molecule has 1 fully saturated rings. The standard InChI is InChI=1S/C27H38O8/c1-10-16(2)21(29)23(3,31)12-11-18-13-17-14-20(28)26(6)24(4,19(17)15-34-18)25(5,22(30)32-8)27(7,33-9)35-26/h11-16,21,29,31H,10H2,1-9H3/t16-,21+,23+,24-,25+,26-,27+/m0/s1. The van der Waals surface area contributed by atoms with Gasteiger partial charge in [0.2, 0.25) is 0 Å². The van der Waals surface area contributed by atoms with Crippen LogP contribution in [-0.4, -0.2) is 59.3 Å². The molecule has 0 aromatic heterocycles. The zero-order chi connectivity index (χ0) is 26.6. The Morgan fingerprint density at radius 3 is 2.40 bits per heavy atom. The lowest BCUT2D eigenvalue weighted by Gasteiger charge is -2.49. The van der Waals surface area contributed by atoms with Crippen LogP contribution in [0.2, 0.25) is 0 Å². The summed E-state index contributed by atoms with van der Waals surface area (Å²) in [5.41, 5.74) is -4.37. The van der Waals surface area contributed by atoms with Gasteiger partial charge in [0.15, 0.2) is 11.6 Å². The lowest BCUT2D eigenvalue weighted by Crippen LogP contribution is -2.60. The molecule has 0 aromatic rings. The third-order valence-corrected chi connectivity index (χ3v) is 8.83. The molecule has 1 saturated heterocycles. The van der Waals surface area contributed by atoms with Crippen LogP contribution in [0.15, 0.2) is 47.5 Å². The maximum Gasteiger partial charge on any atom is 0.318 e. The van der Waals surface area contributed by atoms with Crippen LogP contribution >= 0.6 is 0 Å². The van der Waals surface area contributed by atoms with Crippen LogP contribution in [0.1, 0.15) is 54.9 Å². The molecule has 0 unspecified atom stereocenters. The number of carbonyl (C=O) groups is 2. The molecule has 0 saturated carbocycles. The van der Waals surface area contributed by atoms with Crippen molar-refractivity contribution in [3.63, 3.8) is 0 Å². The van der Waals surface area contributed by atoms with Crippen LogP contribution in [0.25, 0.3) is 0 Å². The Balaban J connectivity index is 2.07. The van der Waals surface area contributed by atoms with Gasteiger partial charge in [-0.15, -0.1) is 0 Å². The number of aliphatic hydroxyl groups excluding tert-OH is 1. The largest absolute Gasteiger partial charge is 0.468 e. The number of ether oxygens (including phenoxy) is 4. The second-order valence-electron chi connectivity index (χ2n) is 10.6. The molecular formula is C27H38O8. The van der Waals surface area contributed by atoms with Crippen molar-refractivity contribution in [2.45, 2.75) is 78.0 Å². The molecule has 2 aliphatic heterocycles. The SMILES string of the molecule is CC[C@H](C)[C@@H](O)[C@](C)(O)C=CC1=CC2=CC(=O)[C@]3(C)O[C@@](C)(OC)[C@](C)(C(=O)OC)[C@]3(C)C2=CO1. The molecule has 0 bridgehead atoms. The molecular weight excluding hydrogens is 452 g/mol. The van der Waals surface area contributed by atoms with Crippen LogP contribution in [-0.2, 0) is 28.5 Å². The highest BCUT2D eigenvalue weighted by Gasteiger charge is 2.80. The van der Waals surface area contributed by atoms with Gasteiger partial charge in [0.1, 0.15) is 22.4 Å². The van der Waals surface area contributed by atoms with E-state index in [2.05, 4.69) is 0 Å². The van der Waals surface area contributed by atoms with Crippen LogP contribution in [0, 0.1) is 16.7 Å². The number of hydrogen-bond donors (Lipinski definition) is 2. The summed E-state index contributed by atoms with van der Waals surface area (Å²) in [5, 5.41) is 21.2. The number of carbonyl (C=O) groups excluding carboxylic acids is 2. The molecule has 3 aliphatic rings. The summed E-state index contributed by atoms with van der Waals surface area (Å²) in [6, 6.07) is 0. The highest BCUT2D eigenvalue weighted by molar-refractivity contribution is 6.04. The Labute approximate surface area is 207 Å². The molecule has 1 aliphatic carbocycles. The van der Waals surface area contributed by atoms with E-state index in [9.17, 15) is 19.8 Å². The fourth-order valence-corrected chi connectivity index (χ4v) is 5.69. The zero-order valence-electron chi connectivity index (χ0n) is 22.1. The predicted molar refractivity (Wildman–Crippen MR) is 129 cm³/mol. The first-order valence-corrected chi connectivity index (χ1v) is 11.9. The lowest BCUT2D eigenvalue weighted by molar-refractivity contribution is -0.255. The molecule has 0 aromatic carbocycles. The smallest absolute Gasteiger partial charge is 0.318 e. The van der Waals surface area contributed by atoms with E-state index in [1.165, 1.54) is 39.6 Å². The molecule has 8 heteroatoms. The number of methoxy groups -OCH3 is 2. The van der Waals surface area contributed by atoms with E-state index in [-0.39, 0.29) is 11.7 Å². The van der Waals surface area contributed by atoms with E-state index in [1.54, 1.807) is 39.8 Å². The summed E-state index contributed by atoms with van der Waals surface area (Å²) >= 11 is 0. The van der Waals surface area contributed by atoms with Crippen LogP contribution in [0.3, 0.4) is 0 Å². The Hall–Kier alpha value is -2.26. The molecule has 0 amide bonds. The van der Waals surface area contributed by atoms with Gasteiger partial charge in [-0.05, 0) is 63.5 Å². The third-order valence-electron chi connectivity index (χ3n) is 8.83. The van der Waals surface area contributed by atoms with Crippen LogP contribution in [0.4, 0.5) is 0 Å². The van der Waals surface area contributed by atoms with Crippen molar-refractivity contribution in [2.75, 3.05) is 14.2 Å². The molecule has 2 N–H and O–H groups in total. The summed E-state index contributed by atoms with van der Waals surface area (Å²) in [6.45, 7) is 12.1. The van der Waals surface area contributed by atoms with Gasteiger partial charge < -0.3 is 29.2 Å². The highest BCUT2D eigenvalue weighted by Crippen LogP contribution is 2.69. The number of ketones is 1. The first-order chi connectivity index (χ1) is 16.1. The molecule has 8 nitrogen and oxygen atoms in total. The quantitative estimate of drug-likeness (QED) is 0.523. The molecule has 194 valence electrons. The fourth-order valence-electron chi connectivity index (χ4n) is 5.69. The number of allylic oxidation sites excluding steroid dienone is 3. The molecule has 0 radical (unpaired) electrons. The molecule has 2 heterocycles. The Morgan fingerprint density at radius 1 is 1.23 bits per heavy atom. The zero-order valence-corrected chi connectivity index (χ0v) is 22.1. The Kier molecular flexibility index (Phi) is 6.79. The maximum atomic E-state index is 13.5. The van der Waals surface area contributed by atoms with Crippen molar-refractivity contribution < 1.29 is 38.7 Å². The minimum atomic E-state index is -1.48. The predicted octanol–water partition coefficient (Wildman–Crippen LogP) is 3.34. The van der Waals surface area contributed by atoms with Crippen molar-refractivity contribution in [3.05, 3.63) is 47.5 Å². The third kappa shape index (κ3) is 3.56. The second-order valence-corrected chi connectivity index (χ2v) is 10.6. The van der Waals surface area contributed by atoms with Crippen molar-refractivity contribution in [2.24, 2.45) is 16.7 Å². The van der Waals surface area contributed by atoms with Crippen molar-refractivity contribution >= 4 is 11.8 Å². The average molecular weight is 491 g/mol. The average Bonchev–Trinajstić information content (AvgIpc) is 2.98. The summed E-state index contributed by atoms with van der Waals surface area (Å²) in [4.78, 5) is 26.7. The van der Waals surface area contributed by atoms with E-state index in [4.69, 9.17) is 18.9 Å². The van der Waals surface area contributed by atoms with Gasteiger partial charge in [-0.25, -0.2) is 0 Å². The minimum Gasteiger partial charge on any atom is -0.468 e. The molecule has 3 rings (SSSR count). The highest BCUT2D eigenvalue weighted by atomic mass is 16.7. The van der Waals surface area contributed by atoms with E-state index >= 15 is 0 Å². The number of rotatable bonds is 7. The minimum absolute atomic E-state index is 0.104. The summed E-state index contributed by atoms with van der Waals surface area (Å²) in [6.07, 6.45) is 7.42. The molecule has 7 atom stereocenters. The van der Waals surface area contributed by atoms with Crippen molar-refractivity contribution in [3.8, 4) is 0 Å². The monoisotopic (exact) mass is 490 g/mol. The Bertz CT molecular complexity index is 1040. The summed E-state index contributed by atoms with van der Waals surface area (Å²) in [5.74, 6) is -2.09. The van der Waals surface area contributed by atoms with Gasteiger partial charge in [0.25, 0.3) is 0 Å². The van der Waals surface area contributed by atoms with E-state index < -0.39 is 39.9 Å². The topological polar surface area (TPSA) is 112 Å². The van der Waals surface area contributed by atoms with E-state index in [1.807, 2.05) is 13.8 Å². The van der Waals surface area contributed by atoms with E-state index in [0.717, 1.165) is 0 Å². The number of esters is 1. The van der Waals surface area contributed by atoms with Gasteiger partial charge >= 0.3 is 5.97 Å². The van der Waals surface area contributed by atoms with Gasteiger partial charge in [-0.2, -0.15) is 0 Å². The van der Waals surface area contributed by atoms with Gasteiger partial charge in [0, 0.05) is 12.7 Å². The van der Waals surface area contributed by atoms with Gasteiger partial charge in [-0.3, -0.25) is 9.59 Å². The maximum absolute atomic E-state index is 13.5. The van der Waals surface area contributed by atoms with Crippen LogP contribution < -0.4 is 0 Å². The van der Waals surface area contributed by atoms with Gasteiger partial charge in [0.05, 0.1) is 24.9 Å². The van der Waals surface area contributed by atoms with E-state index in [0.29, 0.717) is 23.3 Å². The number of fused-ring (bicyclic) bond motifs is 3. The van der Waals surface area contributed by atoms with Crippen molar-refractivity contribution in [1.82, 2.24) is 0 Å². The molecule has 0 spiro atoms. The summed E-state index contributed by atoms with van der Waals surface area (Å²) < 4.78 is 23.0. The number of aliphatic hydroxyl groups is 2. The normalized spacial score (nSPS) is 37.8. The first-order valence-electron chi connectivity index (χ1n) is 11.9. The lowest BCUT2D eigenvalue weighted by atomic mass is 9.50. The Morgan fingerprint density at radius 2 is 1.86 bits per heavy atom. The summed E-state index contributed by atoms with van der Waals surface area (Å²) in [7, 11) is 2.72. The van der Waals surface area contributed by atoms with Gasteiger partial charge in [-0.1, -0.05) is 27.2 Å². The van der Waals surface area contributed by atoms with Crippen LogP contribution in [0.5, 0.6) is 0 Å². The fraction of sp³-hybridized carbons (Fsp3) is 0.630. The second kappa shape index (κ2) is 8.69. The number of hydrogen-bond acceptors (Lipinski definition) is 8. The molecule has 35 heavy (non-hydrogen) atoms. The first kappa shape index (κ1) is 27.3.